The first kappa shape index (κ1) is 23.6. The Labute approximate surface area is 201 Å². The second-order valence-corrected chi connectivity index (χ2v) is 10.2. The average Bonchev–Trinajstić information content (AvgIpc) is 3.10. The maximum atomic E-state index is 13.2. The zero-order chi connectivity index (χ0) is 23.4. The fraction of sp³-hybridized carbons (Fsp3) is 0.458. The minimum Gasteiger partial charge on any atom is -0.486 e. The number of carbonyl (C=O) groups is 1. The lowest BCUT2D eigenvalue weighted by molar-refractivity contribution is -0.118. The van der Waals surface area contributed by atoms with Gasteiger partial charge in [0.2, 0.25) is 5.91 Å². The molecule has 2 aromatic heterocycles. The van der Waals surface area contributed by atoms with E-state index < -0.39 is 0 Å². The molecule has 33 heavy (non-hydrogen) atoms. The van der Waals surface area contributed by atoms with Gasteiger partial charge in [-0.05, 0) is 49.9 Å². The Hall–Kier alpha value is -2.52. The SMILES string of the molecule is CCCCn1c(SCC(=O)NCCc2ccc3c(c2)OCCO3)nc2sc(C)c(C)c2c1=O. The lowest BCUT2D eigenvalue weighted by atomic mass is 10.1. The van der Waals surface area contributed by atoms with E-state index in [-0.39, 0.29) is 17.2 Å². The van der Waals surface area contributed by atoms with Crippen molar-refractivity contribution in [2.45, 2.75) is 51.7 Å². The maximum absolute atomic E-state index is 13.2. The number of aryl methyl sites for hydroxylation is 2. The molecule has 1 aromatic carbocycles. The number of fused-ring (bicyclic) bond motifs is 2. The van der Waals surface area contributed by atoms with Gasteiger partial charge in [-0.2, -0.15) is 0 Å². The molecular formula is C24H29N3O4S2. The van der Waals surface area contributed by atoms with E-state index in [0.717, 1.165) is 45.2 Å². The van der Waals surface area contributed by atoms with E-state index in [1.54, 1.807) is 4.57 Å². The average molecular weight is 488 g/mol. The second-order valence-electron chi connectivity index (χ2n) is 8.03. The van der Waals surface area contributed by atoms with Crippen LogP contribution < -0.4 is 20.3 Å². The van der Waals surface area contributed by atoms with E-state index >= 15 is 0 Å². The molecule has 0 atom stereocenters. The maximum Gasteiger partial charge on any atom is 0.263 e. The number of rotatable bonds is 9. The molecule has 1 aliphatic heterocycles. The number of ether oxygens (including phenoxy) is 2. The molecule has 1 aliphatic rings. The number of nitrogens with one attached hydrogen (secondary N) is 1. The third-order valence-corrected chi connectivity index (χ3v) is 7.74. The smallest absolute Gasteiger partial charge is 0.263 e. The zero-order valence-electron chi connectivity index (χ0n) is 19.2. The molecule has 0 aliphatic carbocycles. The van der Waals surface area contributed by atoms with E-state index in [4.69, 9.17) is 14.5 Å². The van der Waals surface area contributed by atoms with Gasteiger partial charge in [-0.3, -0.25) is 14.2 Å². The van der Waals surface area contributed by atoms with Crippen LogP contribution in [0.2, 0.25) is 0 Å². The summed E-state index contributed by atoms with van der Waals surface area (Å²) in [7, 11) is 0. The van der Waals surface area contributed by atoms with Crippen molar-refractivity contribution < 1.29 is 14.3 Å². The molecule has 9 heteroatoms. The van der Waals surface area contributed by atoms with Gasteiger partial charge in [0.1, 0.15) is 18.0 Å². The quantitative estimate of drug-likeness (QED) is 0.362. The van der Waals surface area contributed by atoms with Gasteiger partial charge in [-0.15, -0.1) is 11.3 Å². The molecule has 0 saturated carbocycles. The van der Waals surface area contributed by atoms with Crippen molar-refractivity contribution in [1.82, 2.24) is 14.9 Å². The van der Waals surface area contributed by atoms with Crippen LogP contribution in [0.25, 0.3) is 10.2 Å². The predicted octanol–water partition coefficient (Wildman–Crippen LogP) is 4.10. The van der Waals surface area contributed by atoms with Gasteiger partial charge in [-0.25, -0.2) is 4.98 Å². The van der Waals surface area contributed by atoms with Crippen LogP contribution in [0.15, 0.2) is 28.2 Å². The number of amides is 1. The van der Waals surface area contributed by atoms with Crippen molar-refractivity contribution in [3.8, 4) is 11.5 Å². The van der Waals surface area contributed by atoms with Crippen molar-refractivity contribution in [2.75, 3.05) is 25.5 Å². The van der Waals surface area contributed by atoms with Gasteiger partial charge in [0.25, 0.3) is 5.56 Å². The van der Waals surface area contributed by atoms with Gasteiger partial charge in [-0.1, -0.05) is 31.2 Å². The largest absolute Gasteiger partial charge is 0.486 e. The van der Waals surface area contributed by atoms with Crippen molar-refractivity contribution in [2.24, 2.45) is 0 Å². The summed E-state index contributed by atoms with van der Waals surface area (Å²) in [5.74, 6) is 1.66. The van der Waals surface area contributed by atoms with E-state index in [1.807, 2.05) is 32.0 Å². The van der Waals surface area contributed by atoms with Crippen molar-refractivity contribution in [1.29, 1.82) is 0 Å². The molecule has 1 amide bonds. The standard InChI is InChI=1S/C24H29N3O4S2/c1-4-5-10-27-23(29)21-15(2)16(3)33-22(21)26-24(27)32-14-20(28)25-9-8-17-6-7-18-19(13-17)31-12-11-30-18/h6-7,13H,4-5,8-12,14H2,1-3H3,(H,25,28). The molecular weight excluding hydrogens is 458 g/mol. The Kier molecular flexibility index (Phi) is 7.60. The van der Waals surface area contributed by atoms with Crippen LogP contribution in [0.3, 0.4) is 0 Å². The molecule has 0 bridgehead atoms. The van der Waals surface area contributed by atoms with Crippen LogP contribution in [-0.4, -0.2) is 41.0 Å². The van der Waals surface area contributed by atoms with Gasteiger partial charge >= 0.3 is 0 Å². The Morgan fingerprint density at radius 1 is 1.24 bits per heavy atom. The third-order valence-electron chi connectivity index (χ3n) is 5.66. The van der Waals surface area contributed by atoms with Crippen LogP contribution in [0.4, 0.5) is 0 Å². The van der Waals surface area contributed by atoms with Crippen LogP contribution in [-0.2, 0) is 17.8 Å². The Morgan fingerprint density at radius 3 is 2.82 bits per heavy atom. The number of hydrogen-bond acceptors (Lipinski definition) is 7. The number of thioether (sulfide) groups is 1. The van der Waals surface area contributed by atoms with Crippen molar-refractivity contribution in [3.63, 3.8) is 0 Å². The molecule has 0 unspecified atom stereocenters. The Balaban J connectivity index is 1.38. The summed E-state index contributed by atoms with van der Waals surface area (Å²) < 4.78 is 12.9. The normalized spacial score (nSPS) is 12.8. The van der Waals surface area contributed by atoms with E-state index in [0.29, 0.717) is 43.3 Å². The lowest BCUT2D eigenvalue weighted by Crippen LogP contribution is -2.28. The fourth-order valence-electron chi connectivity index (χ4n) is 3.70. The summed E-state index contributed by atoms with van der Waals surface area (Å²) in [6.07, 6.45) is 2.58. The van der Waals surface area contributed by atoms with Crippen LogP contribution in [0, 0.1) is 13.8 Å². The summed E-state index contributed by atoms with van der Waals surface area (Å²) >= 11 is 2.86. The molecule has 0 radical (unpaired) electrons. The first-order valence-electron chi connectivity index (χ1n) is 11.3. The molecule has 0 spiro atoms. The van der Waals surface area contributed by atoms with E-state index in [1.165, 1.54) is 23.1 Å². The van der Waals surface area contributed by atoms with Crippen molar-refractivity contribution in [3.05, 3.63) is 44.6 Å². The minimum atomic E-state index is -0.0764. The first-order valence-corrected chi connectivity index (χ1v) is 13.1. The molecule has 0 fully saturated rings. The summed E-state index contributed by atoms with van der Waals surface area (Å²) in [5, 5.41) is 4.29. The highest BCUT2D eigenvalue weighted by Crippen LogP contribution is 2.31. The Morgan fingerprint density at radius 2 is 2.03 bits per heavy atom. The third kappa shape index (κ3) is 5.35. The van der Waals surface area contributed by atoms with Gasteiger partial charge in [0.05, 0.1) is 11.1 Å². The highest BCUT2D eigenvalue weighted by atomic mass is 32.2. The van der Waals surface area contributed by atoms with Crippen LogP contribution in [0.1, 0.15) is 35.8 Å². The Bertz CT molecular complexity index is 1220. The molecule has 7 nitrogen and oxygen atoms in total. The highest BCUT2D eigenvalue weighted by Gasteiger charge is 2.17. The fourth-order valence-corrected chi connectivity index (χ4v) is 5.63. The van der Waals surface area contributed by atoms with Gasteiger partial charge in [0.15, 0.2) is 16.7 Å². The monoisotopic (exact) mass is 487 g/mol. The predicted molar refractivity (Wildman–Crippen MR) is 133 cm³/mol. The molecule has 0 saturated heterocycles. The molecule has 176 valence electrons. The van der Waals surface area contributed by atoms with Crippen LogP contribution >= 0.6 is 23.1 Å². The number of hydrogen-bond donors (Lipinski definition) is 1. The van der Waals surface area contributed by atoms with Crippen LogP contribution in [0.5, 0.6) is 11.5 Å². The summed E-state index contributed by atoms with van der Waals surface area (Å²) in [4.78, 5) is 32.3. The summed E-state index contributed by atoms with van der Waals surface area (Å²) in [5.41, 5.74) is 2.08. The molecule has 3 aromatic rings. The summed E-state index contributed by atoms with van der Waals surface area (Å²) in [6, 6.07) is 5.86. The number of carbonyl (C=O) groups excluding carboxylic acids is 1. The van der Waals surface area contributed by atoms with Crippen molar-refractivity contribution >= 4 is 39.2 Å². The number of aromatic nitrogens is 2. The number of nitrogens with zero attached hydrogens (tertiary/aromatic N) is 2. The highest BCUT2D eigenvalue weighted by molar-refractivity contribution is 7.99. The van der Waals surface area contributed by atoms with E-state index in [9.17, 15) is 9.59 Å². The van der Waals surface area contributed by atoms with Gasteiger partial charge < -0.3 is 14.8 Å². The number of unbranched alkanes of at least 4 members (excludes halogenated alkanes) is 1. The molecule has 3 heterocycles. The zero-order valence-corrected chi connectivity index (χ0v) is 20.9. The number of benzene rings is 1. The molecule has 1 N–H and O–H groups in total. The first-order chi connectivity index (χ1) is 16.0. The molecule has 4 rings (SSSR count). The minimum absolute atomic E-state index is 0.00295. The topological polar surface area (TPSA) is 82.5 Å². The lowest BCUT2D eigenvalue weighted by Gasteiger charge is -2.18. The van der Waals surface area contributed by atoms with E-state index in [2.05, 4.69) is 12.2 Å². The van der Waals surface area contributed by atoms with Gasteiger partial charge in [0, 0.05) is 18.0 Å². The second kappa shape index (κ2) is 10.6. The number of thiophene rings is 1. The summed E-state index contributed by atoms with van der Waals surface area (Å²) in [6.45, 7) is 8.35.